The van der Waals surface area contributed by atoms with Gasteiger partial charge in [-0.25, -0.2) is 0 Å². The number of ether oxygens (including phenoxy) is 1. The van der Waals surface area contributed by atoms with Crippen LogP contribution >= 0.6 is 0 Å². The molecule has 1 aliphatic rings. The standard InChI is InChI=1S/C5H10O3/c6-2-1-4(7)5-3-8-5/h4-7H,1-3H2/t4-,5+/m1/s1. The monoisotopic (exact) mass is 118 g/mol. The van der Waals surface area contributed by atoms with Crippen molar-refractivity contribution in [1.29, 1.82) is 0 Å². The van der Waals surface area contributed by atoms with Crippen LogP contribution in [0.15, 0.2) is 0 Å². The topological polar surface area (TPSA) is 53.0 Å². The molecule has 0 bridgehead atoms. The Bertz CT molecular complexity index is 70.1. The van der Waals surface area contributed by atoms with Gasteiger partial charge in [0.15, 0.2) is 0 Å². The summed E-state index contributed by atoms with van der Waals surface area (Å²) in [5.41, 5.74) is 0. The molecule has 1 heterocycles. The summed E-state index contributed by atoms with van der Waals surface area (Å²) in [6.45, 7) is 0.697. The highest BCUT2D eigenvalue weighted by atomic mass is 16.6. The summed E-state index contributed by atoms with van der Waals surface area (Å²) in [7, 11) is 0. The van der Waals surface area contributed by atoms with Crippen LogP contribution in [0.4, 0.5) is 0 Å². The fraction of sp³-hybridized carbons (Fsp3) is 1.00. The lowest BCUT2D eigenvalue weighted by atomic mass is 10.2. The molecule has 2 N–H and O–H groups in total. The number of hydrogen-bond donors (Lipinski definition) is 2. The van der Waals surface area contributed by atoms with E-state index in [1.807, 2.05) is 0 Å². The van der Waals surface area contributed by atoms with Crippen LogP contribution in [0.1, 0.15) is 6.42 Å². The maximum atomic E-state index is 8.90. The van der Waals surface area contributed by atoms with Gasteiger partial charge in [-0.05, 0) is 6.42 Å². The number of hydrogen-bond acceptors (Lipinski definition) is 3. The molecule has 1 fully saturated rings. The van der Waals surface area contributed by atoms with Gasteiger partial charge in [0.2, 0.25) is 0 Å². The lowest BCUT2D eigenvalue weighted by Gasteiger charge is -2.01. The molecular formula is C5H10O3. The Balaban J connectivity index is 2.03. The van der Waals surface area contributed by atoms with Crippen molar-refractivity contribution in [2.75, 3.05) is 13.2 Å². The van der Waals surface area contributed by atoms with Gasteiger partial charge in [0.25, 0.3) is 0 Å². The van der Waals surface area contributed by atoms with Gasteiger partial charge in [0, 0.05) is 6.61 Å². The predicted molar refractivity (Wildman–Crippen MR) is 27.4 cm³/mol. The second-order valence-corrected chi connectivity index (χ2v) is 1.95. The third-order valence-electron chi connectivity index (χ3n) is 1.21. The van der Waals surface area contributed by atoms with E-state index in [1.54, 1.807) is 0 Å². The molecule has 0 spiro atoms. The predicted octanol–water partition coefficient (Wildman–Crippen LogP) is -0.872. The van der Waals surface area contributed by atoms with Gasteiger partial charge < -0.3 is 14.9 Å². The van der Waals surface area contributed by atoms with Crippen LogP contribution in [-0.4, -0.2) is 35.6 Å². The fourth-order valence-corrected chi connectivity index (χ4v) is 0.596. The van der Waals surface area contributed by atoms with Crippen molar-refractivity contribution in [3.63, 3.8) is 0 Å². The Morgan fingerprint density at radius 2 is 2.38 bits per heavy atom. The Hall–Kier alpha value is -0.120. The molecular weight excluding hydrogens is 108 g/mol. The van der Waals surface area contributed by atoms with Crippen molar-refractivity contribution in [2.45, 2.75) is 18.6 Å². The van der Waals surface area contributed by atoms with Crippen LogP contribution in [-0.2, 0) is 4.74 Å². The average molecular weight is 118 g/mol. The zero-order valence-corrected chi connectivity index (χ0v) is 4.58. The quantitative estimate of drug-likeness (QED) is 0.473. The first-order valence-corrected chi connectivity index (χ1v) is 2.75. The molecule has 1 saturated heterocycles. The smallest absolute Gasteiger partial charge is 0.107 e. The molecule has 2 atom stereocenters. The van der Waals surface area contributed by atoms with E-state index in [2.05, 4.69) is 0 Å². The van der Waals surface area contributed by atoms with E-state index in [4.69, 9.17) is 14.9 Å². The maximum absolute atomic E-state index is 8.90. The second-order valence-electron chi connectivity index (χ2n) is 1.95. The maximum Gasteiger partial charge on any atom is 0.107 e. The molecule has 8 heavy (non-hydrogen) atoms. The van der Waals surface area contributed by atoms with Gasteiger partial charge in [-0.1, -0.05) is 0 Å². The van der Waals surface area contributed by atoms with Crippen LogP contribution in [0.25, 0.3) is 0 Å². The highest BCUT2D eigenvalue weighted by Gasteiger charge is 2.30. The summed E-state index contributed by atoms with van der Waals surface area (Å²) in [5.74, 6) is 0. The van der Waals surface area contributed by atoms with Crippen molar-refractivity contribution in [3.05, 3.63) is 0 Å². The highest BCUT2D eigenvalue weighted by molar-refractivity contribution is 4.77. The molecule has 0 amide bonds. The van der Waals surface area contributed by atoms with Crippen molar-refractivity contribution < 1.29 is 14.9 Å². The minimum absolute atomic E-state index is 0.0159. The first-order chi connectivity index (χ1) is 3.84. The average Bonchev–Trinajstić information content (AvgIpc) is 2.45. The van der Waals surface area contributed by atoms with Gasteiger partial charge >= 0.3 is 0 Å². The number of rotatable bonds is 3. The van der Waals surface area contributed by atoms with Gasteiger partial charge in [-0.15, -0.1) is 0 Å². The molecule has 0 aliphatic carbocycles. The van der Waals surface area contributed by atoms with Crippen LogP contribution < -0.4 is 0 Å². The summed E-state index contributed by atoms with van der Waals surface area (Å²) in [5, 5.41) is 17.2. The van der Waals surface area contributed by atoms with Gasteiger partial charge in [0.05, 0.1) is 12.7 Å². The molecule has 48 valence electrons. The number of epoxide rings is 1. The number of aliphatic hydroxyl groups is 2. The van der Waals surface area contributed by atoms with Crippen LogP contribution in [0.5, 0.6) is 0 Å². The minimum Gasteiger partial charge on any atom is -0.396 e. The molecule has 3 heteroatoms. The van der Waals surface area contributed by atoms with E-state index in [9.17, 15) is 0 Å². The first kappa shape index (κ1) is 6.01. The molecule has 0 aromatic carbocycles. The summed E-state index contributed by atoms with van der Waals surface area (Å²) in [6, 6.07) is 0. The largest absolute Gasteiger partial charge is 0.396 e. The van der Waals surface area contributed by atoms with Crippen molar-refractivity contribution in [1.82, 2.24) is 0 Å². The van der Waals surface area contributed by atoms with Crippen LogP contribution in [0, 0.1) is 0 Å². The van der Waals surface area contributed by atoms with Gasteiger partial charge in [0.1, 0.15) is 6.10 Å². The summed E-state index contributed by atoms with van der Waals surface area (Å²) >= 11 is 0. The van der Waals surface area contributed by atoms with E-state index in [0.717, 1.165) is 0 Å². The second kappa shape index (κ2) is 2.44. The molecule has 0 radical (unpaired) electrons. The molecule has 0 aromatic heterocycles. The Labute approximate surface area is 47.9 Å². The summed E-state index contributed by atoms with van der Waals surface area (Å²) in [6.07, 6.45) is 0.00662. The van der Waals surface area contributed by atoms with Crippen molar-refractivity contribution in [3.8, 4) is 0 Å². The van der Waals surface area contributed by atoms with Crippen LogP contribution in [0.3, 0.4) is 0 Å². The minimum atomic E-state index is -0.444. The van der Waals surface area contributed by atoms with Gasteiger partial charge in [-0.3, -0.25) is 0 Å². The van der Waals surface area contributed by atoms with E-state index in [1.165, 1.54) is 0 Å². The zero-order chi connectivity index (χ0) is 5.98. The van der Waals surface area contributed by atoms with Crippen molar-refractivity contribution >= 4 is 0 Å². The molecule has 3 nitrogen and oxygen atoms in total. The molecule has 1 aliphatic heterocycles. The first-order valence-electron chi connectivity index (χ1n) is 2.75. The Morgan fingerprint density at radius 1 is 1.75 bits per heavy atom. The van der Waals surface area contributed by atoms with Crippen LogP contribution in [0.2, 0.25) is 0 Å². The summed E-state index contributed by atoms with van der Waals surface area (Å²) < 4.78 is 4.76. The highest BCUT2D eigenvalue weighted by Crippen LogP contribution is 2.15. The van der Waals surface area contributed by atoms with E-state index in [-0.39, 0.29) is 12.7 Å². The third-order valence-corrected chi connectivity index (χ3v) is 1.21. The third kappa shape index (κ3) is 1.43. The zero-order valence-electron chi connectivity index (χ0n) is 4.58. The molecule has 1 rings (SSSR count). The lowest BCUT2D eigenvalue weighted by molar-refractivity contribution is 0.103. The lowest BCUT2D eigenvalue weighted by Crippen LogP contribution is -2.15. The van der Waals surface area contributed by atoms with E-state index >= 15 is 0 Å². The Kier molecular flexibility index (Phi) is 1.83. The summed E-state index contributed by atoms with van der Waals surface area (Å²) in [4.78, 5) is 0. The Morgan fingerprint density at radius 3 is 2.75 bits per heavy atom. The normalized spacial score (nSPS) is 30.0. The van der Waals surface area contributed by atoms with Crippen molar-refractivity contribution in [2.24, 2.45) is 0 Å². The van der Waals surface area contributed by atoms with E-state index < -0.39 is 6.10 Å². The molecule has 0 aromatic rings. The fourth-order valence-electron chi connectivity index (χ4n) is 0.596. The van der Waals surface area contributed by atoms with E-state index in [0.29, 0.717) is 13.0 Å². The molecule has 0 unspecified atom stereocenters. The van der Waals surface area contributed by atoms with Gasteiger partial charge in [-0.2, -0.15) is 0 Å². The molecule has 0 saturated carbocycles. The number of aliphatic hydroxyl groups excluding tert-OH is 2. The SMILES string of the molecule is OCC[C@@H](O)[C@@H]1CO1.